The van der Waals surface area contributed by atoms with Gasteiger partial charge in [0.1, 0.15) is 0 Å². The van der Waals surface area contributed by atoms with Gasteiger partial charge in [0.15, 0.2) is 5.82 Å². The van der Waals surface area contributed by atoms with Crippen molar-refractivity contribution in [2.45, 2.75) is 12.3 Å². The van der Waals surface area contributed by atoms with Crippen LogP contribution in [0.25, 0.3) is 98.6 Å². The molecule has 1 atom stereocenters. The number of thiophene rings is 1. The molecule has 1 aliphatic rings. The van der Waals surface area contributed by atoms with Gasteiger partial charge in [-0.05, 0) is 123 Å². The number of benzene rings is 9. The first-order valence-corrected chi connectivity index (χ1v) is 22.4. The van der Waals surface area contributed by atoms with Gasteiger partial charge in [0.25, 0.3) is 0 Å². The summed E-state index contributed by atoms with van der Waals surface area (Å²) in [5.74, 6) is 0.696. The average Bonchev–Trinajstić information content (AvgIpc) is 3.87. The van der Waals surface area contributed by atoms with Gasteiger partial charge in [0, 0.05) is 42.3 Å². The van der Waals surface area contributed by atoms with Crippen LogP contribution in [0.4, 0.5) is 0 Å². The molecule has 0 fully saturated rings. The summed E-state index contributed by atoms with van der Waals surface area (Å²) < 4.78 is 2.60. The highest BCUT2D eigenvalue weighted by atomic mass is 32.1. The van der Waals surface area contributed by atoms with Gasteiger partial charge in [-0.3, -0.25) is 0 Å². The van der Waals surface area contributed by atoms with E-state index in [1.165, 1.54) is 64.7 Å². The zero-order valence-electron chi connectivity index (χ0n) is 34.7. The minimum atomic E-state index is -0.326. The van der Waals surface area contributed by atoms with Crippen molar-refractivity contribution in [2.24, 2.45) is 0 Å². The molecule has 0 saturated heterocycles. The van der Waals surface area contributed by atoms with E-state index >= 15 is 0 Å². The Morgan fingerprint density at radius 1 is 0.333 bits per heavy atom. The molecular formula is C60H40N2S. The molecule has 2 aromatic heterocycles. The van der Waals surface area contributed by atoms with Crippen molar-refractivity contribution in [1.29, 1.82) is 0 Å². The largest absolute Gasteiger partial charge is 0.228 e. The van der Waals surface area contributed by atoms with Crippen LogP contribution in [0.1, 0.15) is 23.6 Å². The van der Waals surface area contributed by atoms with Gasteiger partial charge >= 0.3 is 0 Å². The summed E-state index contributed by atoms with van der Waals surface area (Å²) in [5.41, 5.74) is 17.9. The van der Waals surface area contributed by atoms with Crippen LogP contribution in [-0.4, -0.2) is 9.97 Å². The summed E-state index contributed by atoms with van der Waals surface area (Å²) in [4.78, 5) is 10.7. The number of aromatic nitrogens is 2. The van der Waals surface area contributed by atoms with E-state index in [9.17, 15) is 0 Å². The summed E-state index contributed by atoms with van der Waals surface area (Å²) in [6, 6.07) is 81.4. The molecule has 11 aromatic rings. The fourth-order valence-electron chi connectivity index (χ4n) is 9.72. The van der Waals surface area contributed by atoms with Crippen molar-refractivity contribution >= 4 is 31.5 Å². The van der Waals surface area contributed by atoms with Gasteiger partial charge in [0.05, 0.1) is 11.4 Å². The topological polar surface area (TPSA) is 25.8 Å². The highest BCUT2D eigenvalue weighted by Crippen LogP contribution is 2.53. The van der Waals surface area contributed by atoms with Gasteiger partial charge < -0.3 is 0 Å². The van der Waals surface area contributed by atoms with E-state index in [1.807, 2.05) is 17.4 Å². The van der Waals surface area contributed by atoms with E-state index < -0.39 is 0 Å². The van der Waals surface area contributed by atoms with Crippen LogP contribution in [0.15, 0.2) is 224 Å². The van der Waals surface area contributed by atoms with Gasteiger partial charge in [-0.1, -0.05) is 170 Å². The molecule has 0 spiro atoms. The molecule has 0 N–H and O–H groups in total. The third-order valence-electron chi connectivity index (χ3n) is 13.0. The lowest BCUT2D eigenvalue weighted by molar-refractivity contribution is 0.714. The first-order chi connectivity index (χ1) is 31.1. The Kier molecular flexibility index (Phi) is 8.84. The maximum atomic E-state index is 5.39. The van der Waals surface area contributed by atoms with Crippen molar-refractivity contribution in [1.82, 2.24) is 9.97 Å². The Morgan fingerprint density at radius 2 is 0.873 bits per heavy atom. The van der Waals surface area contributed by atoms with Gasteiger partial charge in [-0.25, -0.2) is 9.97 Å². The number of rotatable bonds is 7. The molecule has 3 heteroatoms. The fourth-order valence-corrected chi connectivity index (χ4v) is 10.8. The number of hydrogen-bond donors (Lipinski definition) is 0. The van der Waals surface area contributed by atoms with Gasteiger partial charge in [-0.15, -0.1) is 11.3 Å². The lowest BCUT2D eigenvalue weighted by Crippen LogP contribution is -2.22. The van der Waals surface area contributed by atoms with Crippen LogP contribution in [0.5, 0.6) is 0 Å². The Bertz CT molecular complexity index is 3520. The van der Waals surface area contributed by atoms with Crippen LogP contribution in [0.2, 0.25) is 0 Å². The summed E-state index contributed by atoms with van der Waals surface area (Å²) >= 11 is 1.85. The van der Waals surface area contributed by atoms with Crippen molar-refractivity contribution in [3.63, 3.8) is 0 Å². The molecule has 1 unspecified atom stereocenters. The Hall–Kier alpha value is -7.72. The molecular weight excluding hydrogens is 781 g/mol. The van der Waals surface area contributed by atoms with Crippen LogP contribution in [0.3, 0.4) is 0 Å². The number of nitrogens with zero attached hydrogens (tertiary/aromatic N) is 2. The molecule has 9 aromatic carbocycles. The quantitative estimate of drug-likeness (QED) is 0.160. The number of hydrogen-bond acceptors (Lipinski definition) is 3. The second-order valence-corrected chi connectivity index (χ2v) is 17.8. The van der Waals surface area contributed by atoms with Crippen LogP contribution >= 0.6 is 11.3 Å². The third kappa shape index (κ3) is 6.40. The summed E-state index contributed by atoms with van der Waals surface area (Å²) in [6.45, 7) is 2.37. The number of fused-ring (bicyclic) bond motifs is 6. The molecule has 63 heavy (non-hydrogen) atoms. The standard InChI is InChI=1S/C60H40N2S/c1-60(48-22-9-4-10-23-48)53-26-13-11-24-49(53)50-30-28-44(37-54(50)60)55-38-56(62-59(61-55)40-18-7-3-8-19-40)47-34-45(42-21-15-20-41(32-42)39-16-5-2-6-17-39)33-46(35-47)43-29-31-58-52(36-43)51-25-12-14-27-57(51)63-58/h2-38H,1H3. The minimum Gasteiger partial charge on any atom is -0.228 e. The van der Waals surface area contributed by atoms with Crippen molar-refractivity contribution in [3.8, 4) is 78.4 Å². The average molecular weight is 821 g/mol. The maximum absolute atomic E-state index is 5.39. The monoisotopic (exact) mass is 820 g/mol. The Balaban J connectivity index is 1.06. The zero-order valence-corrected chi connectivity index (χ0v) is 35.5. The second-order valence-electron chi connectivity index (χ2n) is 16.7. The third-order valence-corrected chi connectivity index (χ3v) is 14.1. The van der Waals surface area contributed by atoms with Crippen molar-refractivity contribution < 1.29 is 0 Å². The molecule has 2 heterocycles. The zero-order chi connectivity index (χ0) is 41.9. The molecule has 0 radical (unpaired) electrons. The van der Waals surface area contributed by atoms with E-state index in [2.05, 4.69) is 225 Å². The lowest BCUT2D eigenvalue weighted by Gasteiger charge is -2.28. The van der Waals surface area contributed by atoms with E-state index in [-0.39, 0.29) is 5.41 Å². The molecule has 0 saturated carbocycles. The fraction of sp³-hybridized carbons (Fsp3) is 0.0333. The smallest absolute Gasteiger partial charge is 0.160 e. The van der Waals surface area contributed by atoms with Crippen molar-refractivity contribution in [2.75, 3.05) is 0 Å². The molecule has 1 aliphatic carbocycles. The molecule has 2 nitrogen and oxygen atoms in total. The highest BCUT2D eigenvalue weighted by molar-refractivity contribution is 7.25. The van der Waals surface area contributed by atoms with Gasteiger partial charge in [0.2, 0.25) is 0 Å². The normalized spacial score (nSPS) is 14.2. The van der Waals surface area contributed by atoms with Crippen molar-refractivity contribution in [3.05, 3.63) is 241 Å². The minimum absolute atomic E-state index is 0.326. The predicted molar refractivity (Wildman–Crippen MR) is 265 cm³/mol. The van der Waals surface area contributed by atoms with E-state index in [4.69, 9.17) is 9.97 Å². The van der Waals surface area contributed by atoms with Crippen LogP contribution < -0.4 is 0 Å². The first-order valence-electron chi connectivity index (χ1n) is 21.5. The molecule has 0 aliphatic heterocycles. The SMILES string of the molecule is CC1(c2ccccc2)c2ccccc2-c2ccc(-c3cc(-c4cc(-c5cccc(-c6ccccc6)c5)cc(-c5ccc6sc7ccccc7c6c5)c4)nc(-c4ccccc4)n3)cc21. The molecule has 296 valence electrons. The Labute approximate surface area is 371 Å². The van der Waals surface area contributed by atoms with Gasteiger partial charge in [-0.2, -0.15) is 0 Å². The summed E-state index contributed by atoms with van der Waals surface area (Å²) in [7, 11) is 0. The molecule has 0 amide bonds. The van der Waals surface area contributed by atoms with E-state index in [0.717, 1.165) is 44.8 Å². The van der Waals surface area contributed by atoms with E-state index in [1.54, 1.807) is 0 Å². The van der Waals surface area contributed by atoms with E-state index in [0.29, 0.717) is 5.82 Å². The second kappa shape index (κ2) is 15.0. The first kappa shape index (κ1) is 37.1. The lowest BCUT2D eigenvalue weighted by atomic mass is 9.74. The maximum Gasteiger partial charge on any atom is 0.160 e. The predicted octanol–water partition coefficient (Wildman–Crippen LogP) is 16.2. The van der Waals surface area contributed by atoms with Crippen LogP contribution in [-0.2, 0) is 5.41 Å². The molecule has 0 bridgehead atoms. The summed E-state index contributed by atoms with van der Waals surface area (Å²) in [5, 5.41) is 2.57. The summed E-state index contributed by atoms with van der Waals surface area (Å²) in [6.07, 6.45) is 0. The Morgan fingerprint density at radius 3 is 1.65 bits per heavy atom. The van der Waals surface area contributed by atoms with Crippen LogP contribution in [0, 0.1) is 0 Å². The molecule has 12 rings (SSSR count). The highest BCUT2D eigenvalue weighted by Gasteiger charge is 2.40.